The Balaban J connectivity index is 1.89. The van der Waals surface area contributed by atoms with Crippen molar-refractivity contribution in [2.24, 2.45) is 0 Å². The number of rotatable bonds is 6. The summed E-state index contributed by atoms with van der Waals surface area (Å²) in [5.74, 6) is 0. The molecule has 2 rings (SSSR count). The van der Waals surface area contributed by atoms with Crippen LogP contribution in [0.1, 0.15) is 38.7 Å². The lowest BCUT2D eigenvalue weighted by Crippen LogP contribution is -2.25. The van der Waals surface area contributed by atoms with E-state index in [-0.39, 0.29) is 0 Å². The van der Waals surface area contributed by atoms with Gasteiger partial charge >= 0.3 is 0 Å². The van der Waals surface area contributed by atoms with Gasteiger partial charge in [0.2, 0.25) is 0 Å². The van der Waals surface area contributed by atoms with Crippen molar-refractivity contribution in [2.45, 2.75) is 45.7 Å². The van der Waals surface area contributed by atoms with Crippen LogP contribution >= 0.6 is 0 Å². The van der Waals surface area contributed by atoms with Crippen molar-refractivity contribution >= 4 is 10.9 Å². The molecule has 0 bridgehead atoms. The molecular weight excluding hydrogens is 208 g/mol. The topological polar surface area (TPSA) is 27.8 Å². The molecule has 2 heteroatoms. The number of H-pyrrole nitrogens is 1. The largest absolute Gasteiger partial charge is 0.361 e. The lowest BCUT2D eigenvalue weighted by Gasteiger charge is -2.13. The van der Waals surface area contributed by atoms with Crippen LogP contribution < -0.4 is 5.32 Å². The third kappa shape index (κ3) is 3.34. The molecule has 2 N–H and O–H groups in total. The monoisotopic (exact) mass is 230 g/mol. The van der Waals surface area contributed by atoms with Crippen molar-refractivity contribution in [3.8, 4) is 0 Å². The summed E-state index contributed by atoms with van der Waals surface area (Å²) in [6, 6.07) is 9.34. The Morgan fingerprint density at radius 1 is 1.29 bits per heavy atom. The Kier molecular flexibility index (Phi) is 4.21. The molecule has 0 saturated heterocycles. The van der Waals surface area contributed by atoms with E-state index in [2.05, 4.69) is 48.4 Å². The van der Waals surface area contributed by atoms with E-state index in [0.29, 0.717) is 6.04 Å². The van der Waals surface area contributed by atoms with Crippen LogP contribution in [0.4, 0.5) is 0 Å². The maximum absolute atomic E-state index is 3.58. The van der Waals surface area contributed by atoms with Crippen molar-refractivity contribution in [1.29, 1.82) is 0 Å². The molecule has 0 spiro atoms. The van der Waals surface area contributed by atoms with Crippen LogP contribution in [-0.4, -0.2) is 11.0 Å². The van der Waals surface area contributed by atoms with E-state index in [0.717, 1.165) is 6.54 Å². The molecule has 1 heterocycles. The van der Waals surface area contributed by atoms with E-state index in [4.69, 9.17) is 0 Å². The van der Waals surface area contributed by atoms with E-state index in [1.165, 1.54) is 35.7 Å². The number of nitrogens with one attached hydrogen (secondary N) is 2. The predicted molar refractivity (Wildman–Crippen MR) is 74.1 cm³/mol. The van der Waals surface area contributed by atoms with Gasteiger partial charge in [0.1, 0.15) is 0 Å². The Bertz CT molecular complexity index is 459. The summed E-state index contributed by atoms with van der Waals surface area (Å²) in [4.78, 5) is 3.22. The second kappa shape index (κ2) is 5.87. The molecule has 0 fully saturated rings. The normalized spacial score (nSPS) is 13.1. The minimum absolute atomic E-state index is 0.608. The molecule has 2 aromatic rings. The molecule has 0 amide bonds. The summed E-state index contributed by atoms with van der Waals surface area (Å²) in [7, 11) is 0. The predicted octanol–water partition coefficient (Wildman–Crippen LogP) is 3.84. The van der Waals surface area contributed by atoms with Crippen molar-refractivity contribution in [3.05, 3.63) is 36.0 Å². The molecule has 1 unspecified atom stereocenters. The fraction of sp³-hybridized carbons (Fsp3) is 0.467. The Morgan fingerprint density at radius 3 is 3.00 bits per heavy atom. The zero-order valence-electron chi connectivity index (χ0n) is 10.8. The summed E-state index contributed by atoms with van der Waals surface area (Å²) in [6.45, 7) is 5.48. The highest BCUT2D eigenvalue weighted by Crippen LogP contribution is 2.14. The molecule has 0 aliphatic rings. The zero-order valence-corrected chi connectivity index (χ0v) is 10.8. The molecule has 17 heavy (non-hydrogen) atoms. The first-order valence-electron chi connectivity index (χ1n) is 6.59. The van der Waals surface area contributed by atoms with Crippen LogP contribution in [0.25, 0.3) is 10.9 Å². The molecule has 2 nitrogen and oxygen atoms in total. The number of aromatic nitrogens is 1. The van der Waals surface area contributed by atoms with E-state index in [1.807, 2.05) is 6.20 Å². The van der Waals surface area contributed by atoms with Gasteiger partial charge in [-0.15, -0.1) is 0 Å². The highest BCUT2D eigenvalue weighted by atomic mass is 14.9. The van der Waals surface area contributed by atoms with Gasteiger partial charge in [0.15, 0.2) is 0 Å². The Hall–Kier alpha value is -1.28. The van der Waals surface area contributed by atoms with E-state index < -0.39 is 0 Å². The highest BCUT2D eigenvalue weighted by molar-refractivity contribution is 5.79. The quantitative estimate of drug-likeness (QED) is 0.775. The number of aromatic amines is 1. The molecule has 92 valence electrons. The number of fused-ring (bicyclic) bond motifs is 1. The SMILES string of the molecule is CCCCC(C)NCc1ccc2[nH]ccc2c1. The minimum Gasteiger partial charge on any atom is -0.361 e. The van der Waals surface area contributed by atoms with Gasteiger partial charge in [-0.3, -0.25) is 0 Å². The summed E-state index contributed by atoms with van der Waals surface area (Å²) in [5.41, 5.74) is 2.58. The summed E-state index contributed by atoms with van der Waals surface area (Å²) >= 11 is 0. The fourth-order valence-electron chi connectivity index (χ4n) is 2.12. The summed E-state index contributed by atoms with van der Waals surface area (Å²) < 4.78 is 0. The Morgan fingerprint density at radius 2 is 2.18 bits per heavy atom. The van der Waals surface area contributed by atoms with Crippen LogP contribution in [0.15, 0.2) is 30.5 Å². The molecule has 0 aliphatic heterocycles. The van der Waals surface area contributed by atoms with Gasteiger partial charge < -0.3 is 10.3 Å². The second-order valence-corrected chi connectivity index (χ2v) is 4.82. The van der Waals surface area contributed by atoms with Crippen molar-refractivity contribution in [3.63, 3.8) is 0 Å². The third-order valence-corrected chi connectivity index (χ3v) is 3.26. The number of benzene rings is 1. The maximum Gasteiger partial charge on any atom is 0.0454 e. The number of unbranched alkanes of at least 4 members (excludes halogenated alkanes) is 1. The summed E-state index contributed by atoms with van der Waals surface area (Å²) in [5, 5.41) is 4.88. The lowest BCUT2D eigenvalue weighted by molar-refractivity contribution is 0.495. The van der Waals surface area contributed by atoms with Crippen LogP contribution in [0.3, 0.4) is 0 Å². The van der Waals surface area contributed by atoms with Gasteiger partial charge in [-0.2, -0.15) is 0 Å². The molecule has 0 saturated carbocycles. The summed E-state index contributed by atoms with van der Waals surface area (Å²) in [6.07, 6.45) is 5.85. The zero-order chi connectivity index (χ0) is 12.1. The van der Waals surface area contributed by atoms with Gasteiger partial charge in [-0.05, 0) is 42.5 Å². The molecule has 1 aromatic carbocycles. The van der Waals surface area contributed by atoms with Crippen LogP contribution in [0.5, 0.6) is 0 Å². The van der Waals surface area contributed by atoms with Gasteiger partial charge in [0.25, 0.3) is 0 Å². The molecular formula is C15H22N2. The molecule has 1 atom stereocenters. The lowest BCUT2D eigenvalue weighted by atomic mass is 10.1. The van der Waals surface area contributed by atoms with Gasteiger partial charge in [0, 0.05) is 24.3 Å². The first-order valence-corrected chi connectivity index (χ1v) is 6.59. The van der Waals surface area contributed by atoms with Crippen LogP contribution in [0, 0.1) is 0 Å². The van der Waals surface area contributed by atoms with E-state index >= 15 is 0 Å². The number of hydrogen-bond acceptors (Lipinski definition) is 1. The van der Waals surface area contributed by atoms with Crippen molar-refractivity contribution in [1.82, 2.24) is 10.3 Å². The van der Waals surface area contributed by atoms with Gasteiger partial charge in [-0.1, -0.05) is 25.8 Å². The van der Waals surface area contributed by atoms with Crippen molar-refractivity contribution < 1.29 is 0 Å². The average Bonchev–Trinajstić information content (AvgIpc) is 2.81. The van der Waals surface area contributed by atoms with Crippen LogP contribution in [0.2, 0.25) is 0 Å². The minimum atomic E-state index is 0.608. The maximum atomic E-state index is 3.58. The second-order valence-electron chi connectivity index (χ2n) is 4.82. The first kappa shape index (κ1) is 12.2. The van der Waals surface area contributed by atoms with Crippen LogP contribution in [-0.2, 0) is 6.54 Å². The molecule has 0 radical (unpaired) electrons. The third-order valence-electron chi connectivity index (χ3n) is 3.26. The fourth-order valence-corrected chi connectivity index (χ4v) is 2.12. The smallest absolute Gasteiger partial charge is 0.0454 e. The standard InChI is InChI=1S/C15H22N2/c1-3-4-5-12(2)17-11-13-6-7-15-14(10-13)8-9-16-15/h6-10,12,16-17H,3-5,11H2,1-2H3. The van der Waals surface area contributed by atoms with Gasteiger partial charge in [-0.25, -0.2) is 0 Å². The molecule has 0 aliphatic carbocycles. The first-order chi connectivity index (χ1) is 8.29. The van der Waals surface area contributed by atoms with Crippen molar-refractivity contribution in [2.75, 3.05) is 0 Å². The molecule has 1 aromatic heterocycles. The van der Waals surface area contributed by atoms with Gasteiger partial charge in [0.05, 0.1) is 0 Å². The van der Waals surface area contributed by atoms with E-state index in [9.17, 15) is 0 Å². The number of hydrogen-bond donors (Lipinski definition) is 2. The average molecular weight is 230 g/mol. The van der Waals surface area contributed by atoms with E-state index in [1.54, 1.807) is 0 Å². The highest BCUT2D eigenvalue weighted by Gasteiger charge is 2.01. The Labute approximate surface area is 103 Å².